The SMILES string of the molecule is CC(C)OCC1CCC1N1CCCC2COCC21. The van der Waals surface area contributed by atoms with E-state index in [4.69, 9.17) is 9.47 Å². The van der Waals surface area contributed by atoms with Crippen LogP contribution in [0.4, 0.5) is 0 Å². The highest BCUT2D eigenvalue weighted by molar-refractivity contribution is 4.97. The Morgan fingerprint density at radius 2 is 2.06 bits per heavy atom. The summed E-state index contributed by atoms with van der Waals surface area (Å²) in [4.78, 5) is 2.76. The van der Waals surface area contributed by atoms with Crippen molar-refractivity contribution in [2.75, 3.05) is 26.4 Å². The van der Waals surface area contributed by atoms with Gasteiger partial charge in [0.15, 0.2) is 0 Å². The van der Waals surface area contributed by atoms with Gasteiger partial charge in [-0.15, -0.1) is 0 Å². The van der Waals surface area contributed by atoms with Gasteiger partial charge in [-0.1, -0.05) is 0 Å². The molecular formula is C15H27NO2. The van der Waals surface area contributed by atoms with Crippen molar-refractivity contribution in [3.63, 3.8) is 0 Å². The van der Waals surface area contributed by atoms with Crippen molar-refractivity contribution in [3.8, 4) is 0 Å². The van der Waals surface area contributed by atoms with E-state index >= 15 is 0 Å². The van der Waals surface area contributed by atoms with Crippen LogP contribution in [0, 0.1) is 11.8 Å². The summed E-state index contributed by atoms with van der Waals surface area (Å²) in [6.45, 7) is 8.48. The second-order valence-electron chi connectivity index (χ2n) is 6.53. The van der Waals surface area contributed by atoms with E-state index in [0.717, 1.165) is 37.7 Å². The third-order valence-corrected chi connectivity index (χ3v) is 5.03. The van der Waals surface area contributed by atoms with Crippen LogP contribution in [0.15, 0.2) is 0 Å². The van der Waals surface area contributed by atoms with Crippen LogP contribution in [0.25, 0.3) is 0 Å². The fraction of sp³-hybridized carbons (Fsp3) is 1.00. The maximum atomic E-state index is 5.82. The summed E-state index contributed by atoms with van der Waals surface area (Å²) in [5, 5.41) is 0. The molecule has 2 saturated heterocycles. The molecule has 1 saturated carbocycles. The highest BCUT2D eigenvalue weighted by Crippen LogP contribution is 2.39. The number of likely N-dealkylation sites (tertiary alicyclic amines) is 1. The van der Waals surface area contributed by atoms with Crippen molar-refractivity contribution in [3.05, 3.63) is 0 Å². The quantitative estimate of drug-likeness (QED) is 0.767. The molecule has 3 nitrogen and oxygen atoms in total. The first-order valence-electron chi connectivity index (χ1n) is 7.71. The fourth-order valence-electron chi connectivity index (χ4n) is 3.84. The van der Waals surface area contributed by atoms with E-state index in [2.05, 4.69) is 18.7 Å². The molecule has 0 amide bonds. The van der Waals surface area contributed by atoms with Crippen molar-refractivity contribution in [2.24, 2.45) is 11.8 Å². The minimum absolute atomic E-state index is 0.371. The molecule has 2 heterocycles. The molecule has 104 valence electrons. The molecule has 0 aromatic rings. The second kappa shape index (κ2) is 5.48. The van der Waals surface area contributed by atoms with Gasteiger partial charge in [0.1, 0.15) is 0 Å². The molecule has 4 atom stereocenters. The predicted molar refractivity (Wildman–Crippen MR) is 71.6 cm³/mol. The van der Waals surface area contributed by atoms with Gasteiger partial charge in [0.05, 0.1) is 25.9 Å². The maximum absolute atomic E-state index is 5.82. The van der Waals surface area contributed by atoms with Gasteiger partial charge in [-0.2, -0.15) is 0 Å². The van der Waals surface area contributed by atoms with Gasteiger partial charge in [0.25, 0.3) is 0 Å². The first-order valence-corrected chi connectivity index (χ1v) is 7.71. The molecule has 3 heteroatoms. The zero-order valence-corrected chi connectivity index (χ0v) is 11.8. The van der Waals surface area contributed by atoms with E-state index in [1.54, 1.807) is 0 Å². The Bertz CT molecular complexity index is 282. The highest BCUT2D eigenvalue weighted by atomic mass is 16.5. The zero-order valence-electron chi connectivity index (χ0n) is 11.8. The van der Waals surface area contributed by atoms with Gasteiger partial charge < -0.3 is 9.47 Å². The smallest absolute Gasteiger partial charge is 0.0625 e. The van der Waals surface area contributed by atoms with E-state index in [1.165, 1.54) is 32.2 Å². The van der Waals surface area contributed by atoms with Crippen molar-refractivity contribution >= 4 is 0 Å². The summed E-state index contributed by atoms with van der Waals surface area (Å²) < 4.78 is 11.5. The number of hydrogen-bond acceptors (Lipinski definition) is 3. The predicted octanol–water partition coefficient (Wildman–Crippen LogP) is 2.30. The van der Waals surface area contributed by atoms with Crippen LogP contribution in [0.2, 0.25) is 0 Å². The third kappa shape index (κ3) is 2.45. The summed E-state index contributed by atoms with van der Waals surface area (Å²) in [5.74, 6) is 1.58. The van der Waals surface area contributed by atoms with Crippen LogP contribution in [-0.2, 0) is 9.47 Å². The minimum atomic E-state index is 0.371. The van der Waals surface area contributed by atoms with Gasteiger partial charge in [-0.25, -0.2) is 0 Å². The average Bonchev–Trinajstić information content (AvgIpc) is 2.76. The third-order valence-electron chi connectivity index (χ3n) is 5.03. The number of ether oxygens (including phenoxy) is 2. The molecule has 4 unspecified atom stereocenters. The lowest BCUT2D eigenvalue weighted by atomic mass is 9.76. The molecule has 3 aliphatic rings. The molecule has 0 N–H and O–H groups in total. The number of rotatable bonds is 4. The Balaban J connectivity index is 1.56. The number of hydrogen-bond donors (Lipinski definition) is 0. The molecule has 3 fully saturated rings. The molecule has 0 spiro atoms. The van der Waals surface area contributed by atoms with Crippen molar-refractivity contribution in [2.45, 2.75) is 57.7 Å². The summed E-state index contributed by atoms with van der Waals surface area (Å²) in [7, 11) is 0. The van der Waals surface area contributed by atoms with Crippen molar-refractivity contribution < 1.29 is 9.47 Å². The largest absolute Gasteiger partial charge is 0.379 e. The van der Waals surface area contributed by atoms with Crippen LogP contribution in [-0.4, -0.2) is 49.5 Å². The van der Waals surface area contributed by atoms with E-state index < -0.39 is 0 Å². The molecule has 18 heavy (non-hydrogen) atoms. The van der Waals surface area contributed by atoms with Gasteiger partial charge >= 0.3 is 0 Å². The zero-order chi connectivity index (χ0) is 12.5. The summed E-state index contributed by atoms with van der Waals surface area (Å²) in [5.41, 5.74) is 0. The Labute approximate surface area is 111 Å². The molecule has 0 radical (unpaired) electrons. The molecular weight excluding hydrogens is 226 g/mol. The van der Waals surface area contributed by atoms with Gasteiger partial charge in [0.2, 0.25) is 0 Å². The van der Waals surface area contributed by atoms with Gasteiger partial charge in [-0.05, 0) is 52.0 Å². The Morgan fingerprint density at radius 1 is 1.17 bits per heavy atom. The fourth-order valence-corrected chi connectivity index (χ4v) is 3.84. The van der Waals surface area contributed by atoms with Crippen molar-refractivity contribution in [1.82, 2.24) is 4.90 Å². The van der Waals surface area contributed by atoms with Crippen LogP contribution in [0.5, 0.6) is 0 Å². The minimum Gasteiger partial charge on any atom is -0.379 e. The first-order chi connectivity index (χ1) is 8.75. The number of piperidine rings is 1. The van der Waals surface area contributed by atoms with Gasteiger partial charge in [-0.3, -0.25) is 4.90 Å². The van der Waals surface area contributed by atoms with E-state index in [9.17, 15) is 0 Å². The van der Waals surface area contributed by atoms with E-state index in [0.29, 0.717) is 12.1 Å². The topological polar surface area (TPSA) is 21.7 Å². The summed E-state index contributed by atoms with van der Waals surface area (Å²) >= 11 is 0. The Kier molecular flexibility index (Phi) is 3.92. The number of nitrogens with zero attached hydrogens (tertiary/aromatic N) is 1. The van der Waals surface area contributed by atoms with E-state index in [1.807, 2.05) is 0 Å². The average molecular weight is 253 g/mol. The van der Waals surface area contributed by atoms with Crippen LogP contribution in [0.1, 0.15) is 39.5 Å². The van der Waals surface area contributed by atoms with Gasteiger partial charge in [0, 0.05) is 18.0 Å². The molecule has 3 rings (SSSR count). The Hall–Kier alpha value is -0.120. The lowest BCUT2D eigenvalue weighted by Crippen LogP contribution is -2.57. The van der Waals surface area contributed by atoms with Crippen molar-refractivity contribution in [1.29, 1.82) is 0 Å². The summed E-state index contributed by atoms with van der Waals surface area (Å²) in [6.07, 6.45) is 5.83. The number of fused-ring (bicyclic) bond motifs is 1. The maximum Gasteiger partial charge on any atom is 0.0625 e. The van der Waals surface area contributed by atoms with Crippen LogP contribution >= 0.6 is 0 Å². The molecule has 1 aliphatic carbocycles. The first kappa shape index (κ1) is 12.9. The van der Waals surface area contributed by atoms with Crippen LogP contribution < -0.4 is 0 Å². The highest BCUT2D eigenvalue weighted by Gasteiger charge is 2.44. The lowest BCUT2D eigenvalue weighted by molar-refractivity contribution is -0.0519. The molecule has 0 bridgehead atoms. The normalized spacial score (nSPS) is 40.8. The molecule has 2 aliphatic heterocycles. The molecule has 0 aromatic heterocycles. The Morgan fingerprint density at radius 3 is 2.78 bits per heavy atom. The van der Waals surface area contributed by atoms with Crippen LogP contribution in [0.3, 0.4) is 0 Å². The standard InChI is InChI=1S/C15H27NO2/c1-11(2)18-9-13-5-6-14(13)16-7-3-4-12-8-17-10-15(12)16/h11-15H,3-10H2,1-2H3. The second-order valence-corrected chi connectivity index (χ2v) is 6.53. The summed E-state index contributed by atoms with van der Waals surface area (Å²) in [6, 6.07) is 1.49. The molecule has 0 aromatic carbocycles. The monoisotopic (exact) mass is 253 g/mol. The lowest BCUT2D eigenvalue weighted by Gasteiger charge is -2.50. The van der Waals surface area contributed by atoms with E-state index in [-0.39, 0.29) is 0 Å².